The largest absolute Gasteiger partial charge is 0.507 e. The van der Waals surface area contributed by atoms with Gasteiger partial charge in [0.25, 0.3) is 11.7 Å². The van der Waals surface area contributed by atoms with Crippen LogP contribution in [-0.4, -0.2) is 33.3 Å². The molecule has 0 bridgehead atoms. The van der Waals surface area contributed by atoms with Crippen LogP contribution in [-0.2, 0) is 16.1 Å². The molecule has 2 heterocycles. The highest BCUT2D eigenvalue weighted by Gasteiger charge is 2.46. The number of hydrogen-bond acceptors (Lipinski definition) is 5. The molecule has 34 heavy (non-hydrogen) atoms. The summed E-state index contributed by atoms with van der Waals surface area (Å²) in [4.78, 5) is 31.9. The van der Waals surface area contributed by atoms with E-state index in [9.17, 15) is 14.7 Å². The van der Waals surface area contributed by atoms with Crippen molar-refractivity contribution < 1.29 is 19.4 Å². The van der Waals surface area contributed by atoms with E-state index in [-0.39, 0.29) is 17.9 Å². The molecule has 1 aliphatic heterocycles. The quantitative estimate of drug-likeness (QED) is 0.200. The minimum atomic E-state index is -0.802. The number of unbranched alkanes of at least 4 members (excludes halogenated alkanes) is 1. The number of aliphatic hydroxyl groups excluding tert-OH is 1. The second-order valence-electron chi connectivity index (χ2n) is 8.07. The first-order valence-corrected chi connectivity index (χ1v) is 11.5. The molecule has 1 N–H and O–H groups in total. The van der Waals surface area contributed by atoms with Gasteiger partial charge in [-0.25, -0.2) is 0 Å². The number of nitrogens with zero attached hydrogens (tertiary/aromatic N) is 2. The Labute approximate surface area is 203 Å². The molecule has 6 nitrogen and oxygen atoms in total. The first-order valence-electron chi connectivity index (χ1n) is 11.2. The number of rotatable bonds is 8. The first kappa shape index (κ1) is 23.5. The van der Waals surface area contributed by atoms with Crippen molar-refractivity contribution in [3.8, 4) is 5.75 Å². The van der Waals surface area contributed by atoms with Crippen LogP contribution in [0.15, 0.2) is 78.6 Å². The fourth-order valence-electron chi connectivity index (χ4n) is 3.98. The van der Waals surface area contributed by atoms with Gasteiger partial charge in [0.05, 0.1) is 18.2 Å². The molecule has 1 unspecified atom stereocenters. The van der Waals surface area contributed by atoms with Gasteiger partial charge in [-0.1, -0.05) is 55.3 Å². The zero-order valence-electron chi connectivity index (χ0n) is 18.8. The molecule has 1 aliphatic rings. The van der Waals surface area contributed by atoms with Crippen molar-refractivity contribution in [1.82, 2.24) is 9.88 Å². The Kier molecular flexibility index (Phi) is 7.28. The number of ketones is 1. The SMILES string of the molecule is CCCCOc1cccc(C(O)=C2C(=O)C(=O)N(Cc3cccnc3)C2c2cccc(Cl)c2)c1. The van der Waals surface area contributed by atoms with E-state index in [2.05, 4.69) is 11.9 Å². The Morgan fingerprint density at radius 1 is 1.12 bits per heavy atom. The zero-order valence-corrected chi connectivity index (χ0v) is 19.5. The smallest absolute Gasteiger partial charge is 0.295 e. The van der Waals surface area contributed by atoms with Gasteiger partial charge >= 0.3 is 0 Å². The van der Waals surface area contributed by atoms with E-state index in [1.807, 2.05) is 6.07 Å². The van der Waals surface area contributed by atoms with Gasteiger partial charge in [0.15, 0.2) is 0 Å². The van der Waals surface area contributed by atoms with Gasteiger partial charge in [-0.05, 0) is 47.9 Å². The summed E-state index contributed by atoms with van der Waals surface area (Å²) in [7, 11) is 0. The number of aliphatic hydroxyl groups is 1. The van der Waals surface area contributed by atoms with Crippen LogP contribution in [0.3, 0.4) is 0 Å². The molecule has 3 aromatic rings. The van der Waals surface area contributed by atoms with Gasteiger partial charge < -0.3 is 14.7 Å². The van der Waals surface area contributed by atoms with Gasteiger partial charge in [0, 0.05) is 29.5 Å². The molecule has 1 saturated heterocycles. The first-order chi connectivity index (χ1) is 16.5. The van der Waals surface area contributed by atoms with Crippen LogP contribution in [0.4, 0.5) is 0 Å². The summed E-state index contributed by atoms with van der Waals surface area (Å²) < 4.78 is 5.75. The molecule has 2 aromatic carbocycles. The van der Waals surface area contributed by atoms with E-state index in [4.69, 9.17) is 16.3 Å². The molecule has 1 atom stereocenters. The van der Waals surface area contributed by atoms with Gasteiger partial charge in [-0.3, -0.25) is 14.6 Å². The maximum atomic E-state index is 13.2. The zero-order chi connectivity index (χ0) is 24.1. The van der Waals surface area contributed by atoms with E-state index >= 15 is 0 Å². The lowest BCUT2D eigenvalue weighted by Crippen LogP contribution is -2.29. The minimum Gasteiger partial charge on any atom is -0.507 e. The lowest BCUT2D eigenvalue weighted by atomic mass is 9.95. The number of halogens is 1. The van der Waals surface area contributed by atoms with Gasteiger partial charge in [0.1, 0.15) is 11.5 Å². The Hall–Kier alpha value is -3.64. The maximum absolute atomic E-state index is 13.2. The van der Waals surface area contributed by atoms with E-state index in [1.54, 1.807) is 67.0 Å². The van der Waals surface area contributed by atoms with Crippen LogP contribution in [0.2, 0.25) is 5.02 Å². The van der Waals surface area contributed by atoms with Crippen molar-refractivity contribution in [2.45, 2.75) is 32.4 Å². The molecule has 0 spiro atoms. The van der Waals surface area contributed by atoms with Gasteiger partial charge in [-0.15, -0.1) is 0 Å². The van der Waals surface area contributed by atoms with Crippen LogP contribution < -0.4 is 4.74 Å². The maximum Gasteiger partial charge on any atom is 0.295 e. The topological polar surface area (TPSA) is 79.7 Å². The summed E-state index contributed by atoms with van der Waals surface area (Å²) in [5.74, 6) is -1.10. The Bertz CT molecular complexity index is 1230. The molecule has 0 radical (unpaired) electrons. The number of carbonyl (C=O) groups excluding carboxylic acids is 2. The van der Waals surface area contributed by atoms with E-state index in [1.165, 1.54) is 4.90 Å². The van der Waals surface area contributed by atoms with Crippen LogP contribution in [0, 0.1) is 0 Å². The average molecular weight is 477 g/mol. The predicted octanol–water partition coefficient (Wildman–Crippen LogP) is 5.54. The number of hydrogen-bond donors (Lipinski definition) is 1. The van der Waals surface area contributed by atoms with Crippen LogP contribution >= 0.6 is 11.6 Å². The third kappa shape index (κ3) is 4.97. The molecule has 1 amide bonds. The van der Waals surface area contributed by atoms with Crippen molar-refractivity contribution in [3.05, 3.63) is 100 Å². The number of likely N-dealkylation sites (tertiary alicyclic amines) is 1. The Morgan fingerprint density at radius 3 is 2.68 bits per heavy atom. The molecular weight excluding hydrogens is 452 g/mol. The number of amides is 1. The van der Waals surface area contributed by atoms with Crippen LogP contribution in [0.25, 0.3) is 5.76 Å². The number of pyridine rings is 1. The molecule has 174 valence electrons. The second kappa shape index (κ2) is 10.5. The fourth-order valence-corrected chi connectivity index (χ4v) is 4.18. The molecule has 1 fully saturated rings. The monoisotopic (exact) mass is 476 g/mol. The predicted molar refractivity (Wildman–Crippen MR) is 130 cm³/mol. The van der Waals surface area contributed by atoms with Crippen molar-refractivity contribution in [3.63, 3.8) is 0 Å². The van der Waals surface area contributed by atoms with E-state index in [0.29, 0.717) is 28.5 Å². The van der Waals surface area contributed by atoms with Crippen molar-refractivity contribution in [2.75, 3.05) is 6.61 Å². The second-order valence-corrected chi connectivity index (χ2v) is 8.51. The van der Waals surface area contributed by atoms with E-state index in [0.717, 1.165) is 18.4 Å². The molecule has 1 aromatic heterocycles. The number of Topliss-reactive ketones (excluding diaryl/α,β-unsaturated/α-hetero) is 1. The highest BCUT2D eigenvalue weighted by atomic mass is 35.5. The third-order valence-electron chi connectivity index (χ3n) is 5.65. The molecule has 7 heteroatoms. The van der Waals surface area contributed by atoms with Crippen molar-refractivity contribution >= 4 is 29.1 Å². The van der Waals surface area contributed by atoms with Crippen LogP contribution in [0.1, 0.15) is 42.5 Å². The average Bonchev–Trinajstić information content (AvgIpc) is 3.09. The lowest BCUT2D eigenvalue weighted by Gasteiger charge is -2.25. The normalized spacial score (nSPS) is 17.2. The van der Waals surface area contributed by atoms with Crippen LogP contribution in [0.5, 0.6) is 5.75 Å². The third-order valence-corrected chi connectivity index (χ3v) is 5.89. The summed E-state index contributed by atoms with van der Waals surface area (Å²) in [6.45, 7) is 2.79. The summed E-state index contributed by atoms with van der Waals surface area (Å²) in [5.41, 5.74) is 1.82. The summed E-state index contributed by atoms with van der Waals surface area (Å²) >= 11 is 6.24. The number of benzene rings is 2. The number of ether oxygens (including phenoxy) is 1. The lowest BCUT2D eigenvalue weighted by molar-refractivity contribution is -0.140. The van der Waals surface area contributed by atoms with Crippen molar-refractivity contribution in [1.29, 1.82) is 0 Å². The van der Waals surface area contributed by atoms with E-state index < -0.39 is 17.7 Å². The molecular formula is C27H25ClN2O4. The number of aromatic nitrogens is 1. The Balaban J connectivity index is 1.79. The summed E-state index contributed by atoms with van der Waals surface area (Å²) in [6, 6.07) is 16.7. The fraction of sp³-hybridized carbons (Fsp3) is 0.222. The summed E-state index contributed by atoms with van der Waals surface area (Å²) in [6.07, 6.45) is 5.19. The molecule has 0 saturated carbocycles. The molecule has 0 aliphatic carbocycles. The summed E-state index contributed by atoms with van der Waals surface area (Å²) in [5, 5.41) is 11.7. The minimum absolute atomic E-state index is 0.0156. The highest BCUT2D eigenvalue weighted by Crippen LogP contribution is 2.41. The number of carbonyl (C=O) groups is 2. The van der Waals surface area contributed by atoms with Gasteiger partial charge in [-0.2, -0.15) is 0 Å². The molecule has 4 rings (SSSR count). The standard InChI is InChI=1S/C27H25ClN2O4/c1-2-3-13-34-22-11-5-9-20(15-22)25(31)23-24(19-8-4-10-21(28)14-19)30(27(33)26(23)32)17-18-7-6-12-29-16-18/h4-12,14-16,24,31H,2-3,13,17H2,1H3. The Morgan fingerprint density at radius 2 is 1.94 bits per heavy atom. The van der Waals surface area contributed by atoms with Crippen molar-refractivity contribution in [2.24, 2.45) is 0 Å². The highest BCUT2D eigenvalue weighted by molar-refractivity contribution is 6.46. The van der Waals surface area contributed by atoms with Gasteiger partial charge in [0.2, 0.25) is 0 Å².